The maximum absolute atomic E-state index is 12.4. The summed E-state index contributed by atoms with van der Waals surface area (Å²) in [6.07, 6.45) is 1.00. The molecule has 0 aliphatic carbocycles. The summed E-state index contributed by atoms with van der Waals surface area (Å²) in [7, 11) is 4.14. The van der Waals surface area contributed by atoms with Gasteiger partial charge in [-0.05, 0) is 46.1 Å². The van der Waals surface area contributed by atoms with E-state index < -0.39 is 0 Å². The Balaban J connectivity index is 0.00000200. The first-order chi connectivity index (χ1) is 9.13. The lowest BCUT2D eigenvalue weighted by molar-refractivity contribution is 0.223. The summed E-state index contributed by atoms with van der Waals surface area (Å²) < 4.78 is 0. The van der Waals surface area contributed by atoms with Crippen LogP contribution in [0, 0.1) is 0 Å². The highest BCUT2D eigenvalue weighted by Gasteiger charge is 2.36. The first kappa shape index (κ1) is 16.8. The van der Waals surface area contributed by atoms with Crippen LogP contribution in [0.15, 0.2) is 30.3 Å². The molecule has 1 aliphatic rings. The summed E-state index contributed by atoms with van der Waals surface area (Å²) in [4.78, 5) is 18.5. The van der Waals surface area contributed by atoms with Gasteiger partial charge in [-0.25, -0.2) is 4.79 Å². The van der Waals surface area contributed by atoms with Crippen molar-refractivity contribution in [2.75, 3.05) is 38.6 Å². The zero-order valence-electron chi connectivity index (χ0n) is 12.5. The highest BCUT2D eigenvalue weighted by atomic mass is 35.5. The average molecular weight is 298 g/mol. The predicted octanol–water partition coefficient (Wildman–Crippen LogP) is 2.69. The molecule has 1 fully saturated rings. The van der Waals surface area contributed by atoms with Crippen LogP contribution in [0.5, 0.6) is 0 Å². The molecule has 0 radical (unpaired) electrons. The molecule has 1 heterocycles. The van der Waals surface area contributed by atoms with Crippen LogP contribution in [-0.4, -0.2) is 55.6 Å². The molecule has 2 rings (SSSR count). The second-order valence-corrected chi connectivity index (χ2v) is 5.27. The minimum Gasteiger partial charge on any atom is -0.323 e. The molecule has 0 bridgehead atoms. The summed E-state index contributed by atoms with van der Waals surface area (Å²) in [6, 6.07) is 10.4. The van der Waals surface area contributed by atoms with Gasteiger partial charge in [0.2, 0.25) is 0 Å². The van der Waals surface area contributed by atoms with E-state index in [0.717, 1.165) is 31.7 Å². The van der Waals surface area contributed by atoms with E-state index in [1.807, 2.05) is 47.1 Å². The molecule has 1 unspecified atom stereocenters. The van der Waals surface area contributed by atoms with Crippen molar-refractivity contribution < 1.29 is 4.79 Å². The molecule has 2 amide bonds. The summed E-state index contributed by atoms with van der Waals surface area (Å²) in [5.41, 5.74) is 1.01. The highest BCUT2D eigenvalue weighted by Crippen LogP contribution is 2.26. The fourth-order valence-electron chi connectivity index (χ4n) is 2.52. The van der Waals surface area contributed by atoms with Gasteiger partial charge in [0.1, 0.15) is 0 Å². The van der Waals surface area contributed by atoms with Gasteiger partial charge in [0.05, 0.1) is 6.04 Å². The van der Waals surface area contributed by atoms with Crippen LogP contribution in [0.2, 0.25) is 0 Å². The van der Waals surface area contributed by atoms with Gasteiger partial charge in [0, 0.05) is 18.8 Å². The highest BCUT2D eigenvalue weighted by molar-refractivity contribution is 5.95. The molecule has 112 valence electrons. The zero-order valence-corrected chi connectivity index (χ0v) is 13.3. The van der Waals surface area contributed by atoms with Crippen LogP contribution in [0.25, 0.3) is 0 Å². The molecule has 1 saturated heterocycles. The third kappa shape index (κ3) is 3.64. The van der Waals surface area contributed by atoms with Crippen molar-refractivity contribution in [3.05, 3.63) is 30.3 Å². The Labute approximate surface area is 127 Å². The lowest BCUT2D eigenvalue weighted by Crippen LogP contribution is -2.36. The van der Waals surface area contributed by atoms with Crippen LogP contribution in [0.3, 0.4) is 0 Å². The van der Waals surface area contributed by atoms with Crippen molar-refractivity contribution in [1.82, 2.24) is 9.80 Å². The van der Waals surface area contributed by atoms with Gasteiger partial charge in [-0.3, -0.25) is 4.90 Å². The van der Waals surface area contributed by atoms with Gasteiger partial charge in [-0.15, -0.1) is 12.4 Å². The number of hydrogen-bond acceptors (Lipinski definition) is 2. The van der Waals surface area contributed by atoms with Crippen molar-refractivity contribution in [1.29, 1.82) is 0 Å². The van der Waals surface area contributed by atoms with E-state index in [4.69, 9.17) is 0 Å². The molecule has 0 N–H and O–H groups in total. The monoisotopic (exact) mass is 297 g/mol. The standard InChI is InChI=1S/C15H23N3O.ClH/c1-4-17-12-14(10-11-16(2)3)18(15(17)19)13-8-6-5-7-9-13;/h5-9,14H,4,10-12H2,1-3H3;1H. The molecule has 1 aliphatic heterocycles. The van der Waals surface area contributed by atoms with Gasteiger partial charge in [-0.2, -0.15) is 0 Å². The number of benzene rings is 1. The normalized spacial score (nSPS) is 18.6. The van der Waals surface area contributed by atoms with E-state index in [2.05, 4.69) is 19.0 Å². The molecule has 1 atom stereocenters. The van der Waals surface area contributed by atoms with Crippen LogP contribution in [0.4, 0.5) is 10.5 Å². The van der Waals surface area contributed by atoms with Crippen molar-refractivity contribution in [2.45, 2.75) is 19.4 Å². The molecule has 0 aromatic heterocycles. The Bertz CT molecular complexity index is 424. The predicted molar refractivity (Wildman–Crippen MR) is 85.8 cm³/mol. The maximum Gasteiger partial charge on any atom is 0.324 e. The van der Waals surface area contributed by atoms with E-state index in [1.165, 1.54) is 0 Å². The van der Waals surface area contributed by atoms with Crippen LogP contribution >= 0.6 is 12.4 Å². The molecule has 20 heavy (non-hydrogen) atoms. The van der Waals surface area contributed by atoms with Crippen LogP contribution < -0.4 is 4.90 Å². The molecule has 5 heteroatoms. The second kappa shape index (κ2) is 7.50. The first-order valence-corrected chi connectivity index (χ1v) is 6.91. The summed E-state index contributed by atoms with van der Waals surface area (Å²) >= 11 is 0. The maximum atomic E-state index is 12.4. The number of hydrogen-bond donors (Lipinski definition) is 0. The van der Waals surface area contributed by atoms with E-state index in [9.17, 15) is 4.79 Å². The van der Waals surface area contributed by atoms with Crippen molar-refractivity contribution in [3.8, 4) is 0 Å². The van der Waals surface area contributed by atoms with E-state index in [0.29, 0.717) is 0 Å². The van der Waals surface area contributed by atoms with Crippen LogP contribution in [-0.2, 0) is 0 Å². The molecule has 1 aromatic rings. The summed E-state index contributed by atoms with van der Waals surface area (Å²) in [5.74, 6) is 0. The fourth-order valence-corrected chi connectivity index (χ4v) is 2.52. The molecular weight excluding hydrogens is 274 g/mol. The number of likely N-dealkylation sites (N-methyl/N-ethyl adjacent to an activating group) is 1. The minimum absolute atomic E-state index is 0. The first-order valence-electron chi connectivity index (χ1n) is 6.91. The fraction of sp³-hybridized carbons (Fsp3) is 0.533. The topological polar surface area (TPSA) is 26.8 Å². The quantitative estimate of drug-likeness (QED) is 0.835. The lowest BCUT2D eigenvalue weighted by Gasteiger charge is -2.24. The third-order valence-corrected chi connectivity index (χ3v) is 3.60. The molecule has 4 nitrogen and oxygen atoms in total. The van der Waals surface area contributed by atoms with Gasteiger partial charge in [0.25, 0.3) is 0 Å². The molecular formula is C15H24ClN3O. The smallest absolute Gasteiger partial charge is 0.323 e. The van der Waals surface area contributed by atoms with Crippen molar-refractivity contribution in [2.24, 2.45) is 0 Å². The number of amides is 2. The number of para-hydroxylation sites is 1. The van der Waals surface area contributed by atoms with Crippen LogP contribution in [0.1, 0.15) is 13.3 Å². The Morgan fingerprint density at radius 1 is 1.25 bits per heavy atom. The van der Waals surface area contributed by atoms with E-state index in [1.54, 1.807) is 0 Å². The number of halogens is 1. The van der Waals surface area contributed by atoms with Gasteiger partial charge < -0.3 is 9.80 Å². The SMILES string of the molecule is CCN1CC(CCN(C)C)N(c2ccccc2)C1=O.Cl. The minimum atomic E-state index is 0. The average Bonchev–Trinajstić information content (AvgIpc) is 2.73. The van der Waals surface area contributed by atoms with Crippen molar-refractivity contribution in [3.63, 3.8) is 0 Å². The number of rotatable bonds is 5. The zero-order chi connectivity index (χ0) is 13.8. The molecule has 0 spiro atoms. The third-order valence-electron chi connectivity index (χ3n) is 3.60. The van der Waals surface area contributed by atoms with Gasteiger partial charge in [-0.1, -0.05) is 18.2 Å². The number of carbonyl (C=O) groups is 1. The Morgan fingerprint density at radius 3 is 2.45 bits per heavy atom. The largest absolute Gasteiger partial charge is 0.324 e. The Hall–Kier alpha value is -1.26. The Morgan fingerprint density at radius 2 is 1.90 bits per heavy atom. The summed E-state index contributed by atoms with van der Waals surface area (Å²) in [5, 5.41) is 0. The summed E-state index contributed by atoms with van der Waals surface area (Å²) in [6.45, 7) is 4.65. The molecule has 1 aromatic carbocycles. The number of carbonyl (C=O) groups excluding carboxylic acids is 1. The second-order valence-electron chi connectivity index (χ2n) is 5.27. The number of urea groups is 1. The Kier molecular flexibility index (Phi) is 6.30. The molecule has 0 saturated carbocycles. The lowest BCUT2D eigenvalue weighted by atomic mass is 10.1. The number of anilines is 1. The number of nitrogens with zero attached hydrogens (tertiary/aromatic N) is 3. The van der Waals surface area contributed by atoms with E-state index >= 15 is 0 Å². The van der Waals surface area contributed by atoms with Gasteiger partial charge in [0.15, 0.2) is 0 Å². The van der Waals surface area contributed by atoms with Crippen molar-refractivity contribution >= 4 is 24.1 Å². The van der Waals surface area contributed by atoms with E-state index in [-0.39, 0.29) is 24.5 Å². The van der Waals surface area contributed by atoms with Gasteiger partial charge >= 0.3 is 6.03 Å².